The summed E-state index contributed by atoms with van der Waals surface area (Å²) in [6.45, 7) is 6.00. The predicted octanol–water partition coefficient (Wildman–Crippen LogP) is 4.11. The van der Waals surface area contributed by atoms with Crippen LogP contribution in [0.3, 0.4) is 0 Å². The number of hydrogen-bond donors (Lipinski definition) is 2. The maximum absolute atomic E-state index is 12.3. The Morgan fingerprint density at radius 3 is 2.52 bits per heavy atom. The molecule has 1 aromatic carbocycles. The maximum atomic E-state index is 12.3. The second-order valence-corrected chi connectivity index (χ2v) is 7.37. The van der Waals surface area contributed by atoms with E-state index in [-0.39, 0.29) is 17.7 Å². The molecular formula is C15H19BrClNO3. The van der Waals surface area contributed by atoms with Gasteiger partial charge in [0.05, 0.1) is 17.0 Å². The van der Waals surface area contributed by atoms with Gasteiger partial charge in [-0.15, -0.1) is 0 Å². The minimum atomic E-state index is -0.940. The van der Waals surface area contributed by atoms with E-state index in [1.807, 2.05) is 20.8 Å². The molecular weight excluding hydrogens is 358 g/mol. The molecule has 0 fully saturated rings. The van der Waals surface area contributed by atoms with Gasteiger partial charge in [0.25, 0.3) is 5.91 Å². The van der Waals surface area contributed by atoms with Crippen molar-refractivity contribution in [2.45, 2.75) is 39.7 Å². The summed E-state index contributed by atoms with van der Waals surface area (Å²) in [7, 11) is 0. The molecule has 0 radical (unpaired) electrons. The smallest absolute Gasteiger partial charge is 0.305 e. The first-order valence-electron chi connectivity index (χ1n) is 6.57. The summed E-state index contributed by atoms with van der Waals surface area (Å²) in [5, 5.41) is 12.1. The van der Waals surface area contributed by atoms with Crippen LogP contribution in [0, 0.1) is 5.41 Å². The average molecular weight is 377 g/mol. The molecule has 0 bridgehead atoms. The zero-order chi connectivity index (χ0) is 16.2. The number of hydrogen-bond acceptors (Lipinski definition) is 2. The lowest BCUT2D eigenvalue weighted by atomic mass is 9.87. The number of benzene rings is 1. The average Bonchev–Trinajstić information content (AvgIpc) is 2.29. The van der Waals surface area contributed by atoms with Gasteiger partial charge in [0.2, 0.25) is 0 Å². The molecule has 1 aromatic rings. The number of carbonyl (C=O) groups excluding carboxylic acids is 1. The molecule has 2 N–H and O–H groups in total. The van der Waals surface area contributed by atoms with Crippen molar-refractivity contribution in [3.8, 4) is 0 Å². The molecule has 116 valence electrons. The first-order valence-corrected chi connectivity index (χ1v) is 7.74. The Balaban J connectivity index is 2.89. The van der Waals surface area contributed by atoms with Crippen molar-refractivity contribution in [2.75, 3.05) is 0 Å². The molecule has 0 spiro atoms. The van der Waals surface area contributed by atoms with Crippen LogP contribution in [0.25, 0.3) is 0 Å². The Bertz CT molecular complexity index is 540. The van der Waals surface area contributed by atoms with Gasteiger partial charge in [0.15, 0.2) is 0 Å². The summed E-state index contributed by atoms with van der Waals surface area (Å²) in [4.78, 5) is 23.2. The maximum Gasteiger partial charge on any atom is 0.305 e. The van der Waals surface area contributed by atoms with Gasteiger partial charge < -0.3 is 10.4 Å². The van der Waals surface area contributed by atoms with Crippen molar-refractivity contribution in [1.29, 1.82) is 0 Å². The van der Waals surface area contributed by atoms with Gasteiger partial charge in [-0.3, -0.25) is 9.59 Å². The number of carboxylic acids is 1. The highest BCUT2D eigenvalue weighted by molar-refractivity contribution is 9.10. The zero-order valence-electron chi connectivity index (χ0n) is 12.2. The minimum Gasteiger partial charge on any atom is -0.481 e. The van der Waals surface area contributed by atoms with E-state index < -0.39 is 12.0 Å². The second-order valence-electron chi connectivity index (χ2n) is 6.13. The molecule has 0 saturated heterocycles. The van der Waals surface area contributed by atoms with E-state index in [9.17, 15) is 9.59 Å². The van der Waals surface area contributed by atoms with E-state index in [1.165, 1.54) is 0 Å². The van der Waals surface area contributed by atoms with Gasteiger partial charge >= 0.3 is 5.97 Å². The number of aliphatic carboxylic acids is 1. The summed E-state index contributed by atoms with van der Waals surface area (Å²) < 4.78 is 0.627. The molecule has 1 amide bonds. The third-order valence-electron chi connectivity index (χ3n) is 2.81. The monoisotopic (exact) mass is 375 g/mol. The number of carbonyl (C=O) groups is 2. The van der Waals surface area contributed by atoms with Gasteiger partial charge in [-0.1, -0.05) is 38.4 Å². The first-order chi connectivity index (χ1) is 9.60. The normalized spacial score (nSPS) is 12.8. The number of carboxylic acid groups (broad SMARTS) is 1. The van der Waals surface area contributed by atoms with Gasteiger partial charge in [-0.05, 0) is 39.9 Å². The number of nitrogens with one attached hydrogen (secondary N) is 1. The quantitative estimate of drug-likeness (QED) is 0.812. The zero-order valence-corrected chi connectivity index (χ0v) is 14.6. The van der Waals surface area contributed by atoms with Crippen molar-refractivity contribution in [3.05, 3.63) is 33.3 Å². The fourth-order valence-corrected chi connectivity index (χ4v) is 2.64. The van der Waals surface area contributed by atoms with Gasteiger partial charge in [-0.25, -0.2) is 0 Å². The Hall–Kier alpha value is -1.07. The Kier molecular flexibility index (Phi) is 6.23. The van der Waals surface area contributed by atoms with Crippen LogP contribution in [0.1, 0.15) is 44.0 Å². The highest BCUT2D eigenvalue weighted by Gasteiger charge is 2.24. The summed E-state index contributed by atoms with van der Waals surface area (Å²) >= 11 is 9.35. The van der Waals surface area contributed by atoms with Crippen molar-refractivity contribution in [2.24, 2.45) is 5.41 Å². The molecule has 1 unspecified atom stereocenters. The van der Waals surface area contributed by atoms with E-state index in [0.29, 0.717) is 21.5 Å². The van der Waals surface area contributed by atoms with Crippen LogP contribution in [0.2, 0.25) is 5.02 Å². The molecule has 21 heavy (non-hydrogen) atoms. The fourth-order valence-electron chi connectivity index (χ4n) is 2.07. The number of amides is 1. The van der Waals surface area contributed by atoms with Crippen LogP contribution in [0.15, 0.2) is 22.7 Å². The fraction of sp³-hybridized carbons (Fsp3) is 0.467. The molecule has 0 aliphatic carbocycles. The molecule has 0 aliphatic rings. The van der Waals surface area contributed by atoms with Crippen LogP contribution in [-0.2, 0) is 4.79 Å². The van der Waals surface area contributed by atoms with E-state index in [4.69, 9.17) is 16.7 Å². The lowest BCUT2D eigenvalue weighted by Crippen LogP contribution is -2.39. The van der Waals surface area contributed by atoms with Crippen LogP contribution in [0.4, 0.5) is 0 Å². The predicted molar refractivity (Wildman–Crippen MR) is 86.7 cm³/mol. The third kappa shape index (κ3) is 6.06. The van der Waals surface area contributed by atoms with Crippen molar-refractivity contribution in [3.63, 3.8) is 0 Å². The Labute approximate surface area is 138 Å². The third-order valence-corrected chi connectivity index (χ3v) is 4.11. The van der Waals surface area contributed by atoms with E-state index in [1.54, 1.807) is 18.2 Å². The summed E-state index contributed by atoms with van der Waals surface area (Å²) in [5.74, 6) is -1.30. The largest absolute Gasteiger partial charge is 0.481 e. The molecule has 0 saturated carbocycles. The number of rotatable bonds is 5. The van der Waals surface area contributed by atoms with E-state index >= 15 is 0 Å². The minimum absolute atomic E-state index is 0.0888. The number of halogens is 2. The summed E-state index contributed by atoms with van der Waals surface area (Å²) in [6.07, 6.45) is 0.450. The topological polar surface area (TPSA) is 66.4 Å². The summed E-state index contributed by atoms with van der Waals surface area (Å²) in [5.41, 5.74) is 0.240. The highest BCUT2D eigenvalue weighted by atomic mass is 79.9. The standard InChI is InChI=1S/C15H19BrClNO3/c1-15(2,3)8-9(7-12(19)20)18-14(21)10-5-4-6-11(16)13(10)17/h4-6,9H,7-8H2,1-3H3,(H,18,21)(H,19,20). The van der Waals surface area contributed by atoms with Crippen molar-refractivity contribution >= 4 is 39.4 Å². The second kappa shape index (κ2) is 7.27. The lowest BCUT2D eigenvalue weighted by molar-refractivity contribution is -0.137. The van der Waals surface area contributed by atoms with E-state index in [0.717, 1.165) is 0 Å². The van der Waals surface area contributed by atoms with E-state index in [2.05, 4.69) is 21.2 Å². The molecule has 6 heteroatoms. The SMILES string of the molecule is CC(C)(C)CC(CC(=O)O)NC(=O)c1cccc(Br)c1Cl. The molecule has 0 heterocycles. The molecule has 0 aliphatic heterocycles. The Morgan fingerprint density at radius 2 is 2.00 bits per heavy atom. The lowest BCUT2D eigenvalue weighted by Gasteiger charge is -2.26. The van der Waals surface area contributed by atoms with Gasteiger partial charge in [-0.2, -0.15) is 0 Å². The van der Waals surface area contributed by atoms with Crippen LogP contribution >= 0.6 is 27.5 Å². The molecule has 1 rings (SSSR count). The van der Waals surface area contributed by atoms with Crippen LogP contribution < -0.4 is 5.32 Å². The van der Waals surface area contributed by atoms with Gasteiger partial charge in [0, 0.05) is 10.5 Å². The van der Waals surface area contributed by atoms with Crippen molar-refractivity contribution in [1.82, 2.24) is 5.32 Å². The van der Waals surface area contributed by atoms with Crippen LogP contribution in [0.5, 0.6) is 0 Å². The Morgan fingerprint density at radius 1 is 1.38 bits per heavy atom. The summed E-state index contributed by atoms with van der Waals surface area (Å²) in [6, 6.07) is 4.62. The molecule has 0 aromatic heterocycles. The van der Waals surface area contributed by atoms with Gasteiger partial charge in [0.1, 0.15) is 0 Å². The highest BCUT2D eigenvalue weighted by Crippen LogP contribution is 2.27. The molecule has 1 atom stereocenters. The van der Waals surface area contributed by atoms with Crippen LogP contribution in [-0.4, -0.2) is 23.0 Å². The first kappa shape index (κ1) is 18.0. The van der Waals surface area contributed by atoms with Crippen molar-refractivity contribution < 1.29 is 14.7 Å². The molecule has 4 nitrogen and oxygen atoms in total.